The van der Waals surface area contributed by atoms with Crippen LogP contribution in [0.15, 0.2) is 70.7 Å². The van der Waals surface area contributed by atoms with E-state index < -0.39 is 5.91 Å². The van der Waals surface area contributed by atoms with Crippen LogP contribution in [0, 0.1) is 32.1 Å². The number of carbonyl (C=O) groups excluding carboxylic acids is 2. The molecule has 3 aromatic carbocycles. The van der Waals surface area contributed by atoms with E-state index in [9.17, 15) is 14.9 Å². The van der Waals surface area contributed by atoms with Crippen molar-refractivity contribution in [1.82, 2.24) is 0 Å². The molecular weight excluding hydrogens is 494 g/mol. The van der Waals surface area contributed by atoms with Crippen molar-refractivity contribution in [2.24, 2.45) is 0 Å². The topological polar surface area (TPSA) is 91.2 Å². The Labute approximate surface area is 207 Å². The average molecular weight is 518 g/mol. The molecule has 0 saturated carbocycles. The third-order valence-corrected chi connectivity index (χ3v) is 5.68. The third-order valence-electron chi connectivity index (χ3n) is 5.06. The second kappa shape index (κ2) is 11.3. The van der Waals surface area contributed by atoms with Gasteiger partial charge in [0.25, 0.3) is 11.8 Å². The van der Waals surface area contributed by atoms with Crippen LogP contribution in [-0.2, 0) is 9.59 Å². The number of carbonyl (C=O) groups is 2. The molecule has 0 aliphatic heterocycles. The summed E-state index contributed by atoms with van der Waals surface area (Å²) in [5, 5.41) is 15.0. The number of hydrogen-bond acceptors (Lipinski definition) is 4. The van der Waals surface area contributed by atoms with Gasteiger partial charge < -0.3 is 15.4 Å². The lowest BCUT2D eigenvalue weighted by molar-refractivity contribution is -0.118. The van der Waals surface area contributed by atoms with E-state index in [-0.39, 0.29) is 18.1 Å². The van der Waals surface area contributed by atoms with Gasteiger partial charge in [-0.1, -0.05) is 24.3 Å². The van der Waals surface area contributed by atoms with Crippen molar-refractivity contribution < 1.29 is 14.3 Å². The number of benzene rings is 3. The summed E-state index contributed by atoms with van der Waals surface area (Å²) in [5.74, 6) is -0.304. The molecule has 0 fully saturated rings. The maximum absolute atomic E-state index is 12.5. The van der Waals surface area contributed by atoms with Crippen LogP contribution in [0.2, 0.25) is 0 Å². The summed E-state index contributed by atoms with van der Waals surface area (Å²) in [6.07, 6.45) is 1.49. The van der Waals surface area contributed by atoms with Gasteiger partial charge in [0.1, 0.15) is 17.4 Å². The summed E-state index contributed by atoms with van der Waals surface area (Å²) >= 11 is 3.42. The minimum Gasteiger partial charge on any atom is -0.483 e. The highest BCUT2D eigenvalue weighted by Gasteiger charge is 2.11. The lowest BCUT2D eigenvalue weighted by Crippen LogP contribution is -2.20. The Kier molecular flexibility index (Phi) is 8.23. The first-order valence-electron chi connectivity index (χ1n) is 10.5. The van der Waals surface area contributed by atoms with Crippen LogP contribution < -0.4 is 15.4 Å². The molecule has 0 saturated heterocycles. The molecule has 34 heavy (non-hydrogen) atoms. The third kappa shape index (κ3) is 6.80. The average Bonchev–Trinajstić information content (AvgIpc) is 2.79. The number of hydrogen-bond donors (Lipinski definition) is 2. The Bertz CT molecular complexity index is 1310. The number of ether oxygens (including phenoxy) is 1. The summed E-state index contributed by atoms with van der Waals surface area (Å²) in [6, 6.07) is 20.1. The summed E-state index contributed by atoms with van der Waals surface area (Å²) in [4.78, 5) is 24.7. The van der Waals surface area contributed by atoms with E-state index in [1.807, 2.05) is 63.2 Å². The quantitative estimate of drug-likeness (QED) is 0.299. The van der Waals surface area contributed by atoms with Gasteiger partial charge in [0.15, 0.2) is 6.61 Å². The van der Waals surface area contributed by atoms with Crippen LogP contribution in [0.4, 0.5) is 11.4 Å². The molecule has 2 amide bonds. The van der Waals surface area contributed by atoms with Crippen LogP contribution in [0.3, 0.4) is 0 Å². The second-order valence-electron chi connectivity index (χ2n) is 7.82. The van der Waals surface area contributed by atoms with E-state index in [4.69, 9.17) is 4.74 Å². The minimum absolute atomic E-state index is 0.0326. The fraction of sp³-hybridized carbons (Fsp3) is 0.148. The summed E-state index contributed by atoms with van der Waals surface area (Å²) in [6.45, 7) is 5.75. The van der Waals surface area contributed by atoms with Crippen molar-refractivity contribution in [3.05, 3.63) is 93.0 Å². The normalized spacial score (nSPS) is 10.9. The van der Waals surface area contributed by atoms with Crippen molar-refractivity contribution in [3.63, 3.8) is 0 Å². The minimum atomic E-state index is -0.493. The molecule has 6 nitrogen and oxygen atoms in total. The predicted molar refractivity (Wildman–Crippen MR) is 138 cm³/mol. The van der Waals surface area contributed by atoms with Crippen molar-refractivity contribution in [1.29, 1.82) is 5.26 Å². The maximum atomic E-state index is 12.5. The number of nitriles is 1. The SMILES string of the molecule is Cc1cccc(NC(=O)/C(C#N)=C/c2ccc(OCC(=O)Nc3ccc(C)c(C)c3)c(Br)c2)c1. The Hall–Kier alpha value is -3.89. The first-order valence-corrected chi connectivity index (χ1v) is 11.3. The Morgan fingerprint density at radius 3 is 2.41 bits per heavy atom. The smallest absolute Gasteiger partial charge is 0.266 e. The van der Waals surface area contributed by atoms with Crippen LogP contribution in [0.5, 0.6) is 5.75 Å². The Morgan fingerprint density at radius 2 is 1.74 bits per heavy atom. The summed E-state index contributed by atoms with van der Waals surface area (Å²) in [7, 11) is 0. The monoisotopic (exact) mass is 517 g/mol. The molecule has 0 bridgehead atoms. The molecule has 0 aliphatic rings. The molecule has 0 spiro atoms. The standard InChI is InChI=1S/C27H24BrN3O3/c1-17-5-4-6-22(11-17)31-27(33)21(15-29)13-20-8-10-25(24(28)14-20)34-16-26(32)30-23-9-7-18(2)19(3)12-23/h4-14H,16H2,1-3H3,(H,30,32)(H,31,33)/b21-13+. The zero-order chi connectivity index (χ0) is 24.7. The van der Waals surface area contributed by atoms with Crippen molar-refractivity contribution in [2.45, 2.75) is 20.8 Å². The molecule has 172 valence electrons. The molecule has 0 aromatic heterocycles. The zero-order valence-corrected chi connectivity index (χ0v) is 20.7. The fourth-order valence-electron chi connectivity index (χ4n) is 3.12. The van der Waals surface area contributed by atoms with Gasteiger partial charge in [0, 0.05) is 11.4 Å². The largest absolute Gasteiger partial charge is 0.483 e. The van der Waals surface area contributed by atoms with Crippen molar-refractivity contribution in [3.8, 4) is 11.8 Å². The number of aryl methyl sites for hydroxylation is 3. The molecule has 3 aromatic rings. The fourth-order valence-corrected chi connectivity index (χ4v) is 3.63. The van der Waals surface area contributed by atoms with Gasteiger partial charge in [-0.15, -0.1) is 0 Å². The van der Waals surface area contributed by atoms with Crippen molar-refractivity contribution in [2.75, 3.05) is 17.2 Å². The highest BCUT2D eigenvalue weighted by Crippen LogP contribution is 2.27. The molecule has 2 N–H and O–H groups in total. The van der Waals surface area contributed by atoms with E-state index in [0.29, 0.717) is 27.2 Å². The van der Waals surface area contributed by atoms with E-state index >= 15 is 0 Å². The van der Waals surface area contributed by atoms with Gasteiger partial charge >= 0.3 is 0 Å². The lowest BCUT2D eigenvalue weighted by atomic mass is 10.1. The number of nitrogens with zero attached hydrogens (tertiary/aromatic N) is 1. The zero-order valence-electron chi connectivity index (χ0n) is 19.1. The van der Waals surface area contributed by atoms with Crippen LogP contribution >= 0.6 is 15.9 Å². The summed E-state index contributed by atoms with van der Waals surface area (Å²) < 4.78 is 6.22. The van der Waals surface area contributed by atoms with Gasteiger partial charge in [-0.3, -0.25) is 9.59 Å². The van der Waals surface area contributed by atoms with Gasteiger partial charge in [0.2, 0.25) is 0 Å². The maximum Gasteiger partial charge on any atom is 0.266 e. The molecule has 0 atom stereocenters. The lowest BCUT2D eigenvalue weighted by Gasteiger charge is -2.11. The highest BCUT2D eigenvalue weighted by atomic mass is 79.9. The first kappa shape index (κ1) is 24.7. The van der Waals surface area contributed by atoms with E-state index in [1.165, 1.54) is 6.08 Å². The molecule has 0 heterocycles. The molecule has 0 radical (unpaired) electrons. The van der Waals surface area contributed by atoms with Gasteiger partial charge in [-0.05, 0) is 101 Å². The van der Waals surface area contributed by atoms with E-state index in [0.717, 1.165) is 16.7 Å². The van der Waals surface area contributed by atoms with Crippen LogP contribution in [0.1, 0.15) is 22.3 Å². The highest BCUT2D eigenvalue weighted by molar-refractivity contribution is 9.10. The van der Waals surface area contributed by atoms with E-state index in [1.54, 1.807) is 24.3 Å². The predicted octanol–water partition coefficient (Wildman–Crippen LogP) is 5.94. The molecule has 0 aliphatic carbocycles. The molecule has 0 unspecified atom stereocenters. The number of amides is 2. The number of halogens is 1. The first-order chi connectivity index (χ1) is 16.2. The number of anilines is 2. The van der Waals surface area contributed by atoms with E-state index in [2.05, 4.69) is 26.6 Å². The summed E-state index contributed by atoms with van der Waals surface area (Å²) in [5.41, 5.74) is 5.18. The number of nitrogens with one attached hydrogen (secondary N) is 2. The molecule has 7 heteroatoms. The van der Waals surface area contributed by atoms with Gasteiger partial charge in [-0.25, -0.2) is 0 Å². The Balaban J connectivity index is 1.63. The van der Waals surface area contributed by atoms with Gasteiger partial charge in [0.05, 0.1) is 4.47 Å². The van der Waals surface area contributed by atoms with Crippen LogP contribution in [-0.4, -0.2) is 18.4 Å². The Morgan fingerprint density at radius 1 is 0.971 bits per heavy atom. The molecular formula is C27H24BrN3O3. The molecule has 3 rings (SSSR count). The van der Waals surface area contributed by atoms with Crippen molar-refractivity contribution >= 4 is 45.2 Å². The van der Waals surface area contributed by atoms with Gasteiger partial charge in [-0.2, -0.15) is 5.26 Å². The van der Waals surface area contributed by atoms with Crippen LogP contribution in [0.25, 0.3) is 6.08 Å². The number of rotatable bonds is 7. The second-order valence-corrected chi connectivity index (χ2v) is 8.67.